The first-order valence-corrected chi connectivity index (χ1v) is 12.8. The van der Waals surface area contributed by atoms with E-state index in [9.17, 15) is 4.79 Å². The summed E-state index contributed by atoms with van der Waals surface area (Å²) in [6.07, 6.45) is 12.6. The SMILES string of the molecule is CCC1CCC(C/C=C\NC(=O)C2CCN(SCCNCc3ccccc3)CC2)C1. The van der Waals surface area contributed by atoms with Crippen molar-refractivity contribution in [1.29, 1.82) is 0 Å². The van der Waals surface area contributed by atoms with Crippen LogP contribution < -0.4 is 10.6 Å². The van der Waals surface area contributed by atoms with Gasteiger partial charge in [0.2, 0.25) is 5.91 Å². The van der Waals surface area contributed by atoms with Crippen molar-refractivity contribution < 1.29 is 4.79 Å². The minimum atomic E-state index is 0.165. The molecule has 0 bridgehead atoms. The summed E-state index contributed by atoms with van der Waals surface area (Å²) in [6.45, 7) is 6.25. The number of carbonyl (C=O) groups is 1. The first-order valence-electron chi connectivity index (χ1n) is 11.8. The van der Waals surface area contributed by atoms with Gasteiger partial charge in [0, 0.05) is 37.8 Å². The van der Waals surface area contributed by atoms with Crippen molar-refractivity contribution in [3.05, 3.63) is 48.2 Å². The average Bonchev–Trinajstić information content (AvgIpc) is 3.25. The van der Waals surface area contributed by atoms with Gasteiger partial charge in [-0.3, -0.25) is 9.10 Å². The fourth-order valence-electron chi connectivity index (χ4n) is 4.61. The van der Waals surface area contributed by atoms with Gasteiger partial charge in [0.25, 0.3) is 0 Å². The Morgan fingerprint density at radius 3 is 2.63 bits per heavy atom. The van der Waals surface area contributed by atoms with Crippen molar-refractivity contribution in [1.82, 2.24) is 14.9 Å². The topological polar surface area (TPSA) is 44.4 Å². The highest BCUT2D eigenvalue weighted by Crippen LogP contribution is 2.34. The molecule has 4 nitrogen and oxygen atoms in total. The summed E-state index contributed by atoms with van der Waals surface area (Å²) in [5.41, 5.74) is 1.33. The molecule has 2 aliphatic rings. The van der Waals surface area contributed by atoms with Crippen LogP contribution >= 0.6 is 11.9 Å². The highest BCUT2D eigenvalue weighted by Gasteiger charge is 2.25. The molecule has 30 heavy (non-hydrogen) atoms. The Morgan fingerprint density at radius 2 is 1.90 bits per heavy atom. The van der Waals surface area contributed by atoms with E-state index in [2.05, 4.69) is 58.3 Å². The Morgan fingerprint density at radius 1 is 1.13 bits per heavy atom. The highest BCUT2D eigenvalue weighted by molar-refractivity contribution is 7.97. The molecule has 0 spiro atoms. The molecule has 3 rings (SSSR count). The molecule has 2 N–H and O–H groups in total. The van der Waals surface area contributed by atoms with E-state index in [0.29, 0.717) is 0 Å². The van der Waals surface area contributed by atoms with Crippen LogP contribution in [0.3, 0.4) is 0 Å². The zero-order chi connectivity index (χ0) is 21.0. The van der Waals surface area contributed by atoms with Gasteiger partial charge in [-0.25, -0.2) is 0 Å². The summed E-state index contributed by atoms with van der Waals surface area (Å²) in [7, 11) is 0. The second-order valence-corrected chi connectivity index (χ2v) is 9.98. The third-order valence-corrected chi connectivity index (χ3v) is 7.71. The number of nitrogens with one attached hydrogen (secondary N) is 2. The molecule has 2 atom stereocenters. The molecule has 1 aliphatic heterocycles. The second kappa shape index (κ2) is 13.2. The van der Waals surface area contributed by atoms with Crippen LogP contribution in [0.4, 0.5) is 0 Å². The Bertz CT molecular complexity index is 643. The van der Waals surface area contributed by atoms with E-state index in [1.165, 1.54) is 31.2 Å². The minimum absolute atomic E-state index is 0.165. The number of amides is 1. The largest absolute Gasteiger partial charge is 0.333 e. The van der Waals surface area contributed by atoms with Crippen LogP contribution in [-0.2, 0) is 11.3 Å². The van der Waals surface area contributed by atoms with Crippen LogP contribution in [0.15, 0.2) is 42.6 Å². The molecule has 1 aromatic carbocycles. The molecule has 1 amide bonds. The third kappa shape index (κ3) is 8.09. The Balaban J connectivity index is 1.21. The van der Waals surface area contributed by atoms with E-state index in [1.807, 2.05) is 18.1 Å². The van der Waals surface area contributed by atoms with Crippen molar-refractivity contribution in [2.24, 2.45) is 17.8 Å². The molecule has 1 saturated carbocycles. The summed E-state index contributed by atoms with van der Waals surface area (Å²) in [4.78, 5) is 12.4. The van der Waals surface area contributed by atoms with Crippen LogP contribution in [0.1, 0.15) is 57.4 Å². The zero-order valence-corrected chi connectivity index (χ0v) is 19.3. The molecular weight excluding hydrogens is 390 g/mol. The quantitative estimate of drug-likeness (QED) is 0.384. The monoisotopic (exact) mass is 429 g/mol. The van der Waals surface area contributed by atoms with Gasteiger partial charge in [-0.05, 0) is 55.7 Å². The maximum absolute atomic E-state index is 12.4. The van der Waals surface area contributed by atoms with E-state index < -0.39 is 0 Å². The zero-order valence-electron chi connectivity index (χ0n) is 18.5. The number of carbonyl (C=O) groups excluding carboxylic acids is 1. The van der Waals surface area contributed by atoms with Gasteiger partial charge in [-0.15, -0.1) is 0 Å². The third-order valence-electron chi connectivity index (χ3n) is 6.59. The van der Waals surface area contributed by atoms with Crippen molar-refractivity contribution in [3.63, 3.8) is 0 Å². The molecule has 2 fully saturated rings. The van der Waals surface area contributed by atoms with E-state index in [-0.39, 0.29) is 11.8 Å². The Labute approximate surface area is 187 Å². The first kappa shape index (κ1) is 23.4. The summed E-state index contributed by atoms with van der Waals surface area (Å²) < 4.78 is 2.42. The summed E-state index contributed by atoms with van der Waals surface area (Å²) in [5.74, 6) is 3.20. The van der Waals surface area contributed by atoms with E-state index in [4.69, 9.17) is 0 Å². The first-order chi connectivity index (χ1) is 14.7. The van der Waals surface area contributed by atoms with Crippen LogP contribution in [0.25, 0.3) is 0 Å². The van der Waals surface area contributed by atoms with E-state index in [1.54, 1.807) is 0 Å². The fraction of sp³-hybridized carbons (Fsp3) is 0.640. The highest BCUT2D eigenvalue weighted by atomic mass is 32.2. The molecule has 5 heteroatoms. The number of rotatable bonds is 11. The molecule has 1 aromatic rings. The lowest BCUT2D eigenvalue weighted by molar-refractivity contribution is -0.125. The smallest absolute Gasteiger partial charge is 0.227 e. The summed E-state index contributed by atoms with van der Waals surface area (Å²) >= 11 is 1.91. The van der Waals surface area contributed by atoms with Gasteiger partial charge in [0.15, 0.2) is 0 Å². The molecule has 0 aromatic heterocycles. The Kier molecular flexibility index (Phi) is 10.3. The van der Waals surface area contributed by atoms with Crippen LogP contribution in [0, 0.1) is 17.8 Å². The maximum Gasteiger partial charge on any atom is 0.227 e. The summed E-state index contributed by atoms with van der Waals surface area (Å²) in [5, 5.41) is 6.54. The molecule has 0 radical (unpaired) electrons. The molecular formula is C25H39N3OS. The number of nitrogens with zero attached hydrogens (tertiary/aromatic N) is 1. The Hall–Kier alpha value is -1.30. The van der Waals surface area contributed by atoms with Gasteiger partial charge < -0.3 is 10.6 Å². The predicted molar refractivity (Wildman–Crippen MR) is 128 cm³/mol. The minimum Gasteiger partial charge on any atom is -0.333 e. The van der Waals surface area contributed by atoms with Crippen LogP contribution in [-0.4, -0.2) is 35.6 Å². The molecule has 1 heterocycles. The number of benzene rings is 1. The fourth-order valence-corrected chi connectivity index (χ4v) is 5.57. The van der Waals surface area contributed by atoms with Gasteiger partial charge >= 0.3 is 0 Å². The average molecular weight is 430 g/mol. The maximum atomic E-state index is 12.4. The van der Waals surface area contributed by atoms with Crippen molar-refractivity contribution in [2.45, 2.75) is 58.4 Å². The lowest BCUT2D eigenvalue weighted by Crippen LogP contribution is -2.37. The van der Waals surface area contributed by atoms with Crippen molar-refractivity contribution >= 4 is 17.9 Å². The molecule has 166 valence electrons. The van der Waals surface area contributed by atoms with Crippen LogP contribution in [0.5, 0.6) is 0 Å². The second-order valence-electron chi connectivity index (χ2n) is 8.80. The molecule has 1 aliphatic carbocycles. The lowest BCUT2D eigenvalue weighted by Gasteiger charge is -2.30. The standard InChI is InChI=1S/C25H39N3OS/c1-2-21-10-11-22(19-21)9-6-14-27-25(29)24-12-16-28(17-13-24)30-18-15-26-20-23-7-4-3-5-8-23/h3-8,14,21-22,24,26H,2,9-13,15-20H2,1H3,(H,27,29)/b14-6-. The number of piperidine rings is 1. The van der Waals surface area contributed by atoms with E-state index in [0.717, 1.165) is 63.0 Å². The van der Waals surface area contributed by atoms with Gasteiger partial charge in [0.05, 0.1) is 0 Å². The number of allylic oxidation sites excluding steroid dienone is 1. The number of hydrogen-bond acceptors (Lipinski definition) is 4. The predicted octanol–water partition coefficient (Wildman–Crippen LogP) is 4.98. The normalized spacial score (nSPS) is 23.2. The van der Waals surface area contributed by atoms with Crippen LogP contribution in [0.2, 0.25) is 0 Å². The molecule has 1 saturated heterocycles. The van der Waals surface area contributed by atoms with Gasteiger partial charge in [0.1, 0.15) is 0 Å². The van der Waals surface area contributed by atoms with Crippen molar-refractivity contribution in [3.8, 4) is 0 Å². The van der Waals surface area contributed by atoms with Crippen molar-refractivity contribution in [2.75, 3.05) is 25.4 Å². The van der Waals surface area contributed by atoms with E-state index >= 15 is 0 Å². The van der Waals surface area contributed by atoms with Gasteiger partial charge in [-0.1, -0.05) is 68.1 Å². The number of hydrogen-bond donors (Lipinski definition) is 2. The lowest BCUT2D eigenvalue weighted by atomic mass is 9.97. The molecule has 2 unspecified atom stereocenters. The summed E-state index contributed by atoms with van der Waals surface area (Å²) in [6, 6.07) is 10.5. The van der Waals surface area contributed by atoms with Gasteiger partial charge in [-0.2, -0.15) is 0 Å².